The molecule has 0 spiro atoms. The number of benzene rings is 4. The fourth-order valence-electron chi connectivity index (χ4n) is 4.35. The summed E-state index contributed by atoms with van der Waals surface area (Å²) in [5.74, 6) is 0. The van der Waals surface area contributed by atoms with Crippen LogP contribution in [0.1, 0.15) is 5.56 Å². The molecule has 3 aromatic heterocycles. The molecule has 0 saturated heterocycles. The van der Waals surface area contributed by atoms with Gasteiger partial charge in [-0.25, -0.2) is 0 Å². The molecular formula is C29H18IrN2O-2. The van der Waals surface area contributed by atoms with Gasteiger partial charge in [0.1, 0.15) is 5.58 Å². The van der Waals surface area contributed by atoms with Crippen molar-refractivity contribution in [2.45, 2.75) is 6.92 Å². The van der Waals surface area contributed by atoms with E-state index >= 15 is 0 Å². The van der Waals surface area contributed by atoms with Crippen molar-refractivity contribution in [3.05, 3.63) is 109 Å². The van der Waals surface area contributed by atoms with Crippen LogP contribution in [0.25, 0.3) is 54.9 Å². The number of aryl methyl sites for hydroxylation is 1. The minimum atomic E-state index is 0. The molecule has 0 fully saturated rings. The van der Waals surface area contributed by atoms with Gasteiger partial charge in [0.25, 0.3) is 0 Å². The Bertz CT molecular complexity index is 1600. The van der Waals surface area contributed by atoms with E-state index < -0.39 is 0 Å². The first-order chi connectivity index (χ1) is 15.8. The van der Waals surface area contributed by atoms with Crippen molar-refractivity contribution >= 4 is 43.6 Å². The second kappa shape index (κ2) is 8.74. The van der Waals surface area contributed by atoms with E-state index in [2.05, 4.69) is 47.2 Å². The van der Waals surface area contributed by atoms with Crippen molar-refractivity contribution in [1.82, 2.24) is 9.97 Å². The van der Waals surface area contributed by atoms with E-state index in [4.69, 9.17) is 4.42 Å². The van der Waals surface area contributed by atoms with Gasteiger partial charge in [0.05, 0.1) is 5.58 Å². The average Bonchev–Trinajstić information content (AvgIpc) is 3.24. The molecule has 7 rings (SSSR count). The minimum Gasteiger partial charge on any atom is -0.476 e. The van der Waals surface area contributed by atoms with Crippen LogP contribution in [0, 0.1) is 19.1 Å². The van der Waals surface area contributed by atoms with Gasteiger partial charge < -0.3 is 14.4 Å². The summed E-state index contributed by atoms with van der Waals surface area (Å²) in [4.78, 5) is 8.85. The van der Waals surface area contributed by atoms with Crippen LogP contribution in [0.3, 0.4) is 0 Å². The van der Waals surface area contributed by atoms with Crippen molar-refractivity contribution < 1.29 is 24.5 Å². The van der Waals surface area contributed by atoms with Crippen molar-refractivity contribution in [3.8, 4) is 11.3 Å². The maximum atomic E-state index is 5.94. The van der Waals surface area contributed by atoms with Crippen LogP contribution in [0.15, 0.2) is 95.7 Å². The maximum Gasteiger partial charge on any atom is 0.124 e. The molecular weight excluding hydrogens is 585 g/mol. The van der Waals surface area contributed by atoms with Gasteiger partial charge in [0.2, 0.25) is 0 Å². The maximum absolute atomic E-state index is 5.94. The van der Waals surface area contributed by atoms with E-state index in [1.54, 1.807) is 0 Å². The predicted octanol–water partition coefficient (Wildman–Crippen LogP) is 7.38. The molecule has 0 aliphatic heterocycles. The van der Waals surface area contributed by atoms with Crippen molar-refractivity contribution in [2.75, 3.05) is 0 Å². The van der Waals surface area contributed by atoms with Gasteiger partial charge in [-0.3, -0.25) is 0 Å². The SMILES string of the molecule is Cc1cccnc1-c1[c-]cccc1.[Ir].[c-]1ccc2oc3cccc4c5cccnc5c1c2c34. The Hall–Kier alpha value is -3.59. The van der Waals surface area contributed by atoms with Gasteiger partial charge >= 0.3 is 0 Å². The molecule has 0 atom stereocenters. The zero-order valence-electron chi connectivity index (χ0n) is 17.8. The zero-order valence-corrected chi connectivity index (χ0v) is 20.2. The minimum absolute atomic E-state index is 0. The van der Waals surface area contributed by atoms with Crippen LogP contribution >= 0.6 is 0 Å². The number of pyridine rings is 2. The Labute approximate surface area is 204 Å². The number of fused-ring (bicyclic) bond motifs is 3. The summed E-state index contributed by atoms with van der Waals surface area (Å²) >= 11 is 0. The third-order valence-corrected chi connectivity index (χ3v) is 5.76. The van der Waals surface area contributed by atoms with E-state index in [-0.39, 0.29) is 20.1 Å². The molecule has 161 valence electrons. The average molecular weight is 603 g/mol. The summed E-state index contributed by atoms with van der Waals surface area (Å²) in [6, 6.07) is 32.5. The molecule has 0 N–H and O–H groups in total. The molecule has 0 amide bonds. The Morgan fingerprint density at radius 2 is 1.52 bits per heavy atom. The molecule has 33 heavy (non-hydrogen) atoms. The summed E-state index contributed by atoms with van der Waals surface area (Å²) < 4.78 is 5.94. The molecule has 7 aromatic rings. The molecule has 0 saturated carbocycles. The second-order valence-electron chi connectivity index (χ2n) is 7.72. The third-order valence-electron chi connectivity index (χ3n) is 5.76. The molecule has 0 unspecified atom stereocenters. The van der Waals surface area contributed by atoms with E-state index in [9.17, 15) is 0 Å². The number of hydrogen-bond acceptors (Lipinski definition) is 3. The van der Waals surface area contributed by atoms with E-state index in [1.807, 2.05) is 73.1 Å². The first-order valence-electron chi connectivity index (χ1n) is 10.5. The van der Waals surface area contributed by atoms with Gasteiger partial charge in [0, 0.05) is 32.5 Å². The first kappa shape index (κ1) is 21.3. The normalized spacial score (nSPS) is 10.9. The van der Waals surface area contributed by atoms with Crippen LogP contribution in [0.4, 0.5) is 0 Å². The number of hydrogen-bond donors (Lipinski definition) is 0. The Kier molecular flexibility index (Phi) is 5.63. The number of furan rings is 1. The van der Waals surface area contributed by atoms with Gasteiger partial charge in [-0.05, 0) is 52.5 Å². The molecule has 0 aliphatic carbocycles. The molecule has 0 bridgehead atoms. The van der Waals surface area contributed by atoms with Crippen LogP contribution in [0.2, 0.25) is 0 Å². The summed E-state index contributed by atoms with van der Waals surface area (Å²) in [7, 11) is 0. The topological polar surface area (TPSA) is 38.9 Å². The number of aromatic nitrogens is 2. The largest absolute Gasteiger partial charge is 0.476 e. The first-order valence-corrected chi connectivity index (χ1v) is 10.5. The second-order valence-corrected chi connectivity index (χ2v) is 7.72. The van der Waals surface area contributed by atoms with Crippen LogP contribution in [-0.4, -0.2) is 9.97 Å². The van der Waals surface area contributed by atoms with Crippen LogP contribution in [-0.2, 0) is 20.1 Å². The summed E-state index contributed by atoms with van der Waals surface area (Å²) in [5.41, 5.74) is 6.10. The van der Waals surface area contributed by atoms with Crippen molar-refractivity contribution in [2.24, 2.45) is 0 Å². The fraction of sp³-hybridized carbons (Fsp3) is 0.0345. The fourth-order valence-corrected chi connectivity index (χ4v) is 4.35. The van der Waals surface area contributed by atoms with Crippen molar-refractivity contribution in [3.63, 3.8) is 0 Å². The van der Waals surface area contributed by atoms with Crippen molar-refractivity contribution in [1.29, 1.82) is 0 Å². The Morgan fingerprint density at radius 3 is 2.36 bits per heavy atom. The summed E-state index contributed by atoms with van der Waals surface area (Å²) in [6.45, 7) is 2.06. The van der Waals surface area contributed by atoms with Gasteiger partial charge in [-0.15, -0.1) is 53.4 Å². The van der Waals surface area contributed by atoms with E-state index in [0.717, 1.165) is 44.1 Å². The number of rotatable bonds is 1. The zero-order chi connectivity index (χ0) is 21.5. The van der Waals surface area contributed by atoms with Gasteiger partial charge in [-0.2, -0.15) is 0 Å². The molecule has 3 nitrogen and oxygen atoms in total. The van der Waals surface area contributed by atoms with Crippen LogP contribution < -0.4 is 0 Å². The molecule has 0 aliphatic rings. The standard InChI is InChI=1S/C17H8NO.C12H10N.Ir/c1-4-10-11-6-3-9-18-17(11)12-5-2-8-14-16(12)15(10)13(7-1)19-14;1-10-6-5-9-13-12(10)11-7-3-2-4-8-11;/h1-4,6-9H;2-7,9H,1H3;/q2*-1;. The summed E-state index contributed by atoms with van der Waals surface area (Å²) in [6.07, 6.45) is 3.64. The van der Waals surface area contributed by atoms with Gasteiger partial charge in [-0.1, -0.05) is 41.3 Å². The quantitative estimate of drug-likeness (QED) is 0.145. The molecule has 4 aromatic carbocycles. The van der Waals surface area contributed by atoms with Gasteiger partial charge in [0.15, 0.2) is 0 Å². The summed E-state index contributed by atoms with van der Waals surface area (Å²) in [5, 5.41) is 5.73. The number of nitrogens with zero attached hydrogens (tertiary/aromatic N) is 2. The van der Waals surface area contributed by atoms with E-state index in [1.165, 1.54) is 16.3 Å². The molecule has 1 radical (unpaired) electrons. The monoisotopic (exact) mass is 603 g/mol. The molecule has 4 heteroatoms. The Morgan fingerprint density at radius 1 is 0.697 bits per heavy atom. The van der Waals surface area contributed by atoms with Crippen LogP contribution in [0.5, 0.6) is 0 Å². The predicted molar refractivity (Wildman–Crippen MR) is 130 cm³/mol. The third kappa shape index (κ3) is 3.58. The van der Waals surface area contributed by atoms with E-state index in [0.29, 0.717) is 0 Å². The molecule has 3 heterocycles. The Balaban J connectivity index is 0.000000144. The smallest absolute Gasteiger partial charge is 0.124 e.